The molecule has 1 fully saturated rings. The molecule has 0 unspecified atom stereocenters. The Balaban J connectivity index is 1.63. The second kappa shape index (κ2) is 8.54. The molecule has 3 rings (SSSR count). The van der Waals surface area contributed by atoms with Crippen molar-refractivity contribution in [1.29, 1.82) is 0 Å². The van der Waals surface area contributed by atoms with Crippen molar-refractivity contribution in [2.75, 3.05) is 29.9 Å². The van der Waals surface area contributed by atoms with Crippen LogP contribution in [0.5, 0.6) is 0 Å². The second-order valence-corrected chi connectivity index (χ2v) is 7.97. The molecule has 1 saturated heterocycles. The highest BCUT2D eigenvalue weighted by Gasteiger charge is 2.12. The number of nitrogens with zero attached hydrogens (tertiary/aromatic N) is 1. The third-order valence-corrected chi connectivity index (χ3v) is 5.51. The summed E-state index contributed by atoms with van der Waals surface area (Å²) in [5, 5.41) is 3.09. The first-order chi connectivity index (χ1) is 12.1. The summed E-state index contributed by atoms with van der Waals surface area (Å²) in [7, 11) is 0. The minimum atomic E-state index is 0.0403. The molecule has 1 amide bonds. The van der Waals surface area contributed by atoms with Crippen molar-refractivity contribution in [3.63, 3.8) is 0 Å². The minimum absolute atomic E-state index is 0.0403. The lowest BCUT2D eigenvalue weighted by molar-refractivity contribution is -0.115. The first-order valence-corrected chi connectivity index (χ1v) is 10.0. The Morgan fingerprint density at radius 1 is 1.04 bits per heavy atom. The maximum atomic E-state index is 12.4. The molecule has 0 spiro atoms. The van der Waals surface area contributed by atoms with E-state index in [1.54, 1.807) is 0 Å². The van der Waals surface area contributed by atoms with E-state index in [9.17, 15) is 4.79 Å². The number of hydrogen-bond acceptors (Lipinski definition) is 3. The molecule has 132 valence electrons. The molecule has 0 atom stereocenters. The third kappa shape index (κ3) is 5.35. The summed E-state index contributed by atoms with van der Waals surface area (Å²) >= 11 is 2.03. The van der Waals surface area contributed by atoms with E-state index in [0.717, 1.165) is 36.4 Å². The van der Waals surface area contributed by atoms with Gasteiger partial charge in [0, 0.05) is 36.8 Å². The average Bonchev–Trinajstić information content (AvgIpc) is 2.61. The van der Waals surface area contributed by atoms with Crippen molar-refractivity contribution in [2.45, 2.75) is 26.8 Å². The van der Waals surface area contributed by atoms with Crippen molar-refractivity contribution in [3.8, 4) is 0 Å². The highest BCUT2D eigenvalue weighted by molar-refractivity contribution is 7.99. The molecule has 1 aliphatic heterocycles. The monoisotopic (exact) mass is 354 g/mol. The largest absolute Gasteiger partial charge is 0.326 e. The molecule has 25 heavy (non-hydrogen) atoms. The minimum Gasteiger partial charge on any atom is -0.326 e. The molecule has 1 aliphatic rings. The fourth-order valence-electron chi connectivity index (χ4n) is 3.01. The molecular formula is C21H26N2OS. The number of benzene rings is 2. The average molecular weight is 355 g/mol. The molecule has 2 aromatic carbocycles. The lowest BCUT2D eigenvalue weighted by Gasteiger charge is -2.26. The van der Waals surface area contributed by atoms with Gasteiger partial charge in [-0.1, -0.05) is 42.0 Å². The Morgan fingerprint density at radius 3 is 2.44 bits per heavy atom. The maximum Gasteiger partial charge on any atom is 0.228 e. The maximum absolute atomic E-state index is 12.4. The van der Waals surface area contributed by atoms with Crippen molar-refractivity contribution in [3.05, 3.63) is 64.7 Å². The van der Waals surface area contributed by atoms with E-state index in [2.05, 4.69) is 35.3 Å². The van der Waals surface area contributed by atoms with Crippen LogP contribution in [-0.2, 0) is 17.8 Å². The van der Waals surface area contributed by atoms with Crippen molar-refractivity contribution in [1.82, 2.24) is 4.90 Å². The molecule has 0 aliphatic carbocycles. The normalized spacial score (nSPS) is 15.1. The van der Waals surface area contributed by atoms with Gasteiger partial charge in [-0.25, -0.2) is 0 Å². The van der Waals surface area contributed by atoms with E-state index in [-0.39, 0.29) is 5.91 Å². The van der Waals surface area contributed by atoms with Gasteiger partial charge in [-0.15, -0.1) is 0 Å². The molecule has 0 radical (unpaired) electrons. The number of carbonyl (C=O) groups excluding carboxylic acids is 1. The van der Waals surface area contributed by atoms with Crippen LogP contribution >= 0.6 is 11.8 Å². The molecule has 0 bridgehead atoms. The smallest absolute Gasteiger partial charge is 0.228 e. The number of nitrogens with one attached hydrogen (secondary N) is 1. The summed E-state index contributed by atoms with van der Waals surface area (Å²) < 4.78 is 0. The van der Waals surface area contributed by atoms with Gasteiger partial charge in [-0.2, -0.15) is 11.8 Å². The van der Waals surface area contributed by atoms with Crippen molar-refractivity contribution < 1.29 is 4.79 Å². The van der Waals surface area contributed by atoms with Gasteiger partial charge in [-0.3, -0.25) is 9.69 Å². The predicted molar refractivity (Wildman–Crippen MR) is 107 cm³/mol. The summed E-state index contributed by atoms with van der Waals surface area (Å²) in [6.45, 7) is 7.35. The molecule has 0 saturated carbocycles. The topological polar surface area (TPSA) is 32.3 Å². The highest BCUT2D eigenvalue weighted by atomic mass is 32.2. The van der Waals surface area contributed by atoms with Gasteiger partial charge in [0.1, 0.15) is 0 Å². The van der Waals surface area contributed by atoms with Gasteiger partial charge in [0.05, 0.1) is 6.42 Å². The van der Waals surface area contributed by atoms with Crippen LogP contribution < -0.4 is 5.32 Å². The van der Waals surface area contributed by atoms with Gasteiger partial charge in [0.15, 0.2) is 0 Å². The van der Waals surface area contributed by atoms with Crippen LogP contribution in [-0.4, -0.2) is 35.4 Å². The number of carbonyl (C=O) groups is 1. The van der Waals surface area contributed by atoms with Gasteiger partial charge < -0.3 is 5.32 Å². The molecule has 2 aromatic rings. The molecule has 4 heteroatoms. The Kier molecular flexibility index (Phi) is 6.16. The van der Waals surface area contributed by atoms with Crippen LogP contribution in [0.25, 0.3) is 0 Å². The van der Waals surface area contributed by atoms with Crippen LogP contribution in [0, 0.1) is 13.8 Å². The number of anilines is 1. The van der Waals surface area contributed by atoms with Gasteiger partial charge in [0.2, 0.25) is 5.91 Å². The first kappa shape index (κ1) is 18.0. The van der Waals surface area contributed by atoms with Crippen LogP contribution in [0.3, 0.4) is 0 Å². The first-order valence-electron chi connectivity index (χ1n) is 8.85. The number of amides is 1. The lowest BCUT2D eigenvalue weighted by Crippen LogP contribution is -2.32. The lowest BCUT2D eigenvalue weighted by atomic mass is 10.1. The predicted octanol–water partition coefficient (Wildman–Crippen LogP) is 4.03. The van der Waals surface area contributed by atoms with Gasteiger partial charge >= 0.3 is 0 Å². The van der Waals surface area contributed by atoms with Gasteiger partial charge in [0.25, 0.3) is 0 Å². The fourth-order valence-corrected chi connectivity index (χ4v) is 3.98. The second-order valence-electron chi connectivity index (χ2n) is 6.75. The van der Waals surface area contributed by atoms with Crippen LogP contribution in [0.1, 0.15) is 22.3 Å². The summed E-state index contributed by atoms with van der Waals surface area (Å²) in [5.41, 5.74) is 5.56. The Hall–Kier alpha value is -1.78. The number of rotatable bonds is 5. The zero-order chi connectivity index (χ0) is 17.6. The van der Waals surface area contributed by atoms with E-state index in [4.69, 9.17) is 0 Å². The fraction of sp³-hybridized carbons (Fsp3) is 0.381. The third-order valence-electron chi connectivity index (χ3n) is 4.57. The number of thioether (sulfide) groups is 1. The highest BCUT2D eigenvalue weighted by Crippen LogP contribution is 2.20. The number of aryl methyl sites for hydroxylation is 2. The summed E-state index contributed by atoms with van der Waals surface area (Å²) in [6.07, 6.45) is 0.410. The van der Waals surface area contributed by atoms with E-state index in [1.165, 1.54) is 22.6 Å². The Bertz CT molecular complexity index is 721. The van der Waals surface area contributed by atoms with E-state index in [0.29, 0.717) is 6.42 Å². The Morgan fingerprint density at radius 2 is 1.72 bits per heavy atom. The standard InChI is InChI=1S/C21H26N2OS/c1-16-3-6-18(7-4-16)14-21(24)22-20-13-19(8-5-17(20)2)15-23-9-11-25-12-10-23/h3-8,13H,9-12,14-15H2,1-2H3,(H,22,24). The SMILES string of the molecule is Cc1ccc(CC(=O)Nc2cc(CN3CCSCC3)ccc2C)cc1. The summed E-state index contributed by atoms with van der Waals surface area (Å²) in [6, 6.07) is 14.5. The van der Waals surface area contributed by atoms with Crippen molar-refractivity contribution >= 4 is 23.4 Å². The van der Waals surface area contributed by atoms with Crippen LogP contribution in [0.2, 0.25) is 0 Å². The quantitative estimate of drug-likeness (QED) is 0.880. The van der Waals surface area contributed by atoms with Gasteiger partial charge in [-0.05, 0) is 36.6 Å². The molecule has 1 N–H and O–H groups in total. The van der Waals surface area contributed by atoms with Crippen LogP contribution in [0.4, 0.5) is 5.69 Å². The van der Waals surface area contributed by atoms with E-state index in [1.807, 2.05) is 43.0 Å². The Labute approximate surface area is 154 Å². The molecule has 3 nitrogen and oxygen atoms in total. The molecular weight excluding hydrogens is 328 g/mol. The molecule has 1 heterocycles. The zero-order valence-electron chi connectivity index (χ0n) is 15.0. The summed E-state index contributed by atoms with van der Waals surface area (Å²) in [4.78, 5) is 14.9. The van der Waals surface area contributed by atoms with Crippen LogP contribution in [0.15, 0.2) is 42.5 Å². The number of hydrogen-bond donors (Lipinski definition) is 1. The van der Waals surface area contributed by atoms with Crippen molar-refractivity contribution in [2.24, 2.45) is 0 Å². The summed E-state index contributed by atoms with van der Waals surface area (Å²) in [5.74, 6) is 2.47. The zero-order valence-corrected chi connectivity index (χ0v) is 15.9. The molecule has 0 aromatic heterocycles. The van der Waals surface area contributed by atoms with E-state index >= 15 is 0 Å². The van der Waals surface area contributed by atoms with E-state index < -0.39 is 0 Å².